The monoisotopic (exact) mass is 382 g/mol. The SMILES string of the molecule is C=C(OC)c1cc2c(Nc3cc([C@H]4CCCO4)nn3C(C)(C)C)nccn2n1. The normalized spacial score (nSPS) is 17.2. The predicted molar refractivity (Wildman–Crippen MR) is 107 cm³/mol. The highest BCUT2D eigenvalue weighted by Gasteiger charge is 2.26. The van der Waals surface area contributed by atoms with E-state index in [1.165, 1.54) is 0 Å². The first-order valence-corrected chi connectivity index (χ1v) is 9.43. The smallest absolute Gasteiger partial charge is 0.157 e. The first-order chi connectivity index (χ1) is 13.4. The number of fused-ring (bicyclic) bond motifs is 1. The van der Waals surface area contributed by atoms with Crippen molar-refractivity contribution in [1.29, 1.82) is 0 Å². The van der Waals surface area contributed by atoms with E-state index in [4.69, 9.17) is 14.6 Å². The largest absolute Gasteiger partial charge is 0.495 e. The zero-order chi connectivity index (χ0) is 19.9. The number of hydrogen-bond acceptors (Lipinski definition) is 6. The minimum atomic E-state index is -0.194. The van der Waals surface area contributed by atoms with Gasteiger partial charge in [0.25, 0.3) is 0 Å². The van der Waals surface area contributed by atoms with Gasteiger partial charge in [-0.3, -0.25) is 0 Å². The minimum Gasteiger partial charge on any atom is -0.495 e. The van der Waals surface area contributed by atoms with Crippen LogP contribution in [0, 0.1) is 0 Å². The molecule has 1 atom stereocenters. The van der Waals surface area contributed by atoms with Gasteiger partial charge in [0.05, 0.1) is 18.3 Å². The standard InChI is InChI=1S/C20H26N6O2/c1-13(27-5)14-11-16-19(21-8-9-25(16)23-14)22-18-12-15(17-7-6-10-28-17)24-26(18)20(2,3)4/h8-9,11-12,17H,1,6-7,10H2,2-5H3,(H,21,22)/t17-/m1/s1. The molecule has 0 saturated carbocycles. The van der Waals surface area contributed by atoms with Gasteiger partial charge in [-0.05, 0) is 39.7 Å². The summed E-state index contributed by atoms with van der Waals surface area (Å²) >= 11 is 0. The number of hydrogen-bond donors (Lipinski definition) is 1. The Morgan fingerprint density at radius 2 is 2.14 bits per heavy atom. The lowest BCUT2D eigenvalue weighted by atomic mass is 10.1. The molecule has 1 saturated heterocycles. The summed E-state index contributed by atoms with van der Waals surface area (Å²) in [5.41, 5.74) is 2.25. The van der Waals surface area contributed by atoms with Crippen molar-refractivity contribution < 1.29 is 9.47 Å². The summed E-state index contributed by atoms with van der Waals surface area (Å²) in [7, 11) is 1.58. The second-order valence-electron chi connectivity index (χ2n) is 7.93. The summed E-state index contributed by atoms with van der Waals surface area (Å²) in [6.07, 6.45) is 5.63. The molecular formula is C20H26N6O2. The van der Waals surface area contributed by atoms with Gasteiger partial charge in [0, 0.05) is 25.1 Å². The molecule has 3 aromatic heterocycles. The molecule has 1 aliphatic heterocycles. The zero-order valence-corrected chi connectivity index (χ0v) is 16.8. The molecule has 0 unspecified atom stereocenters. The number of aromatic nitrogens is 5. The zero-order valence-electron chi connectivity index (χ0n) is 16.8. The van der Waals surface area contributed by atoms with E-state index in [-0.39, 0.29) is 11.6 Å². The van der Waals surface area contributed by atoms with Crippen LogP contribution >= 0.6 is 0 Å². The van der Waals surface area contributed by atoms with Gasteiger partial charge in [-0.1, -0.05) is 6.58 Å². The summed E-state index contributed by atoms with van der Waals surface area (Å²) in [6, 6.07) is 3.96. The number of nitrogens with zero attached hydrogens (tertiary/aromatic N) is 5. The lowest BCUT2D eigenvalue weighted by Crippen LogP contribution is -2.25. The molecule has 0 radical (unpaired) electrons. The molecule has 3 aromatic rings. The lowest BCUT2D eigenvalue weighted by molar-refractivity contribution is 0.107. The molecule has 8 nitrogen and oxygen atoms in total. The fourth-order valence-corrected chi connectivity index (χ4v) is 3.35. The highest BCUT2D eigenvalue weighted by atomic mass is 16.5. The van der Waals surface area contributed by atoms with Crippen LogP contribution in [0.5, 0.6) is 0 Å². The van der Waals surface area contributed by atoms with Crippen LogP contribution in [0.25, 0.3) is 11.3 Å². The number of rotatable bonds is 5. The van der Waals surface area contributed by atoms with Crippen molar-refractivity contribution in [2.24, 2.45) is 0 Å². The molecule has 0 aliphatic carbocycles. The Balaban J connectivity index is 1.74. The molecule has 8 heteroatoms. The second kappa shape index (κ2) is 6.94. The molecule has 0 amide bonds. The van der Waals surface area contributed by atoms with Crippen LogP contribution in [-0.4, -0.2) is 38.1 Å². The number of methoxy groups -OCH3 is 1. The molecule has 4 heterocycles. The highest BCUT2D eigenvalue weighted by Crippen LogP contribution is 2.33. The van der Waals surface area contributed by atoms with Crippen LogP contribution in [0.3, 0.4) is 0 Å². The highest BCUT2D eigenvalue weighted by molar-refractivity contribution is 5.75. The van der Waals surface area contributed by atoms with Crippen LogP contribution in [0.4, 0.5) is 11.6 Å². The van der Waals surface area contributed by atoms with Gasteiger partial charge in [-0.15, -0.1) is 0 Å². The maximum atomic E-state index is 5.83. The molecule has 148 valence electrons. The topological polar surface area (TPSA) is 78.5 Å². The first kappa shape index (κ1) is 18.5. The van der Waals surface area contributed by atoms with Crippen molar-refractivity contribution in [1.82, 2.24) is 24.4 Å². The van der Waals surface area contributed by atoms with E-state index in [0.29, 0.717) is 17.3 Å². The van der Waals surface area contributed by atoms with E-state index in [1.807, 2.05) is 10.7 Å². The number of anilines is 2. The van der Waals surface area contributed by atoms with E-state index < -0.39 is 0 Å². The van der Waals surface area contributed by atoms with Gasteiger partial charge >= 0.3 is 0 Å². The Labute approximate surface area is 164 Å². The molecule has 4 rings (SSSR count). The Morgan fingerprint density at radius 1 is 1.32 bits per heavy atom. The van der Waals surface area contributed by atoms with Gasteiger partial charge in [0.1, 0.15) is 28.9 Å². The fourth-order valence-electron chi connectivity index (χ4n) is 3.35. The third-order valence-corrected chi connectivity index (χ3v) is 4.79. The average Bonchev–Trinajstić information content (AvgIpc) is 3.38. The van der Waals surface area contributed by atoms with Gasteiger partial charge in [0.2, 0.25) is 0 Å². The van der Waals surface area contributed by atoms with Crippen LogP contribution in [0.1, 0.15) is 51.1 Å². The molecule has 1 aliphatic rings. The molecule has 0 spiro atoms. The predicted octanol–water partition coefficient (Wildman–Crippen LogP) is 3.89. The first-order valence-electron chi connectivity index (χ1n) is 9.43. The summed E-state index contributed by atoms with van der Waals surface area (Å²) in [5, 5.41) is 12.8. The van der Waals surface area contributed by atoms with E-state index in [9.17, 15) is 0 Å². The molecule has 1 N–H and O–H groups in total. The van der Waals surface area contributed by atoms with Gasteiger partial charge < -0.3 is 14.8 Å². The molecule has 0 aromatic carbocycles. The van der Waals surface area contributed by atoms with E-state index in [2.05, 4.69) is 48.8 Å². The summed E-state index contributed by atoms with van der Waals surface area (Å²) in [5.74, 6) is 2.07. The van der Waals surface area contributed by atoms with Crippen molar-refractivity contribution in [3.8, 4) is 0 Å². The quantitative estimate of drug-likeness (QED) is 0.675. The Hall–Kier alpha value is -2.87. The van der Waals surface area contributed by atoms with Gasteiger partial charge in [-0.2, -0.15) is 10.2 Å². The molecular weight excluding hydrogens is 356 g/mol. The third kappa shape index (κ3) is 3.35. The van der Waals surface area contributed by atoms with Crippen LogP contribution in [0.15, 0.2) is 31.1 Å². The fraction of sp³-hybridized carbons (Fsp3) is 0.450. The Bertz CT molecular complexity index is 1010. The van der Waals surface area contributed by atoms with E-state index in [0.717, 1.165) is 36.5 Å². The van der Waals surface area contributed by atoms with Crippen molar-refractivity contribution in [2.75, 3.05) is 19.0 Å². The Morgan fingerprint density at radius 3 is 2.82 bits per heavy atom. The Kier molecular flexibility index (Phi) is 4.58. The number of nitrogens with one attached hydrogen (secondary N) is 1. The van der Waals surface area contributed by atoms with E-state index >= 15 is 0 Å². The minimum absolute atomic E-state index is 0.0551. The molecule has 28 heavy (non-hydrogen) atoms. The van der Waals surface area contributed by atoms with Crippen LogP contribution in [0.2, 0.25) is 0 Å². The van der Waals surface area contributed by atoms with Crippen molar-refractivity contribution in [3.05, 3.63) is 42.5 Å². The van der Waals surface area contributed by atoms with Gasteiger partial charge in [-0.25, -0.2) is 14.2 Å². The van der Waals surface area contributed by atoms with Crippen LogP contribution in [-0.2, 0) is 15.0 Å². The van der Waals surface area contributed by atoms with Crippen molar-refractivity contribution in [2.45, 2.75) is 45.3 Å². The molecule has 1 fully saturated rings. The van der Waals surface area contributed by atoms with E-state index in [1.54, 1.807) is 24.0 Å². The van der Waals surface area contributed by atoms with Crippen molar-refractivity contribution in [3.63, 3.8) is 0 Å². The average molecular weight is 382 g/mol. The van der Waals surface area contributed by atoms with Crippen molar-refractivity contribution >= 4 is 22.9 Å². The summed E-state index contributed by atoms with van der Waals surface area (Å²) < 4.78 is 14.8. The van der Waals surface area contributed by atoms with Gasteiger partial charge in [0.15, 0.2) is 5.82 Å². The maximum absolute atomic E-state index is 5.83. The summed E-state index contributed by atoms with van der Waals surface area (Å²) in [4.78, 5) is 4.52. The third-order valence-electron chi connectivity index (χ3n) is 4.79. The number of ether oxygens (including phenoxy) is 2. The summed E-state index contributed by atoms with van der Waals surface area (Å²) in [6.45, 7) is 11.0. The molecule has 0 bridgehead atoms. The second-order valence-corrected chi connectivity index (χ2v) is 7.93. The maximum Gasteiger partial charge on any atom is 0.157 e. The van der Waals surface area contributed by atoms with Crippen LogP contribution < -0.4 is 5.32 Å². The lowest BCUT2D eigenvalue weighted by Gasteiger charge is -2.22.